The summed E-state index contributed by atoms with van der Waals surface area (Å²) in [5, 5.41) is 0.121. The fourth-order valence-corrected chi connectivity index (χ4v) is 2.58. The second-order valence-corrected chi connectivity index (χ2v) is 5.96. The largest absolute Gasteiger partial charge is 0.295 e. The molecule has 1 N–H and O–H groups in total. The zero-order chi connectivity index (χ0) is 14.8. The summed E-state index contributed by atoms with van der Waals surface area (Å²) in [7, 11) is -3.87. The van der Waals surface area contributed by atoms with E-state index in [0.29, 0.717) is 5.56 Å². The van der Waals surface area contributed by atoms with Crippen LogP contribution in [0.5, 0.6) is 0 Å². The van der Waals surface area contributed by atoms with Crippen molar-refractivity contribution in [3.05, 3.63) is 47.2 Å². The van der Waals surface area contributed by atoms with E-state index in [4.69, 9.17) is 11.6 Å². The fraction of sp³-hybridized carbons (Fsp3) is 0.0833. The Labute approximate surface area is 120 Å². The van der Waals surface area contributed by atoms with E-state index in [0.717, 1.165) is 0 Å². The number of hydrogen-bond donors (Lipinski definition) is 1. The smallest absolute Gasteiger partial charge is 0.264 e. The molecule has 20 heavy (non-hydrogen) atoms. The van der Waals surface area contributed by atoms with Crippen molar-refractivity contribution in [3.63, 3.8) is 0 Å². The maximum absolute atomic E-state index is 12.1. The van der Waals surface area contributed by atoms with Crippen LogP contribution >= 0.6 is 11.6 Å². The topological polar surface area (TPSA) is 89.0 Å². The van der Waals surface area contributed by atoms with E-state index in [1.54, 1.807) is 0 Å². The molecule has 104 valence electrons. The Morgan fingerprint density at radius 1 is 1.30 bits per heavy atom. The molecule has 1 aromatic carbocycles. The van der Waals surface area contributed by atoms with Crippen LogP contribution in [-0.2, 0) is 10.0 Å². The first kappa shape index (κ1) is 14.4. The van der Waals surface area contributed by atoms with Crippen molar-refractivity contribution in [2.45, 2.75) is 11.8 Å². The maximum Gasteiger partial charge on any atom is 0.264 e. The molecule has 0 aliphatic heterocycles. The Bertz CT molecular complexity index is 762. The Kier molecular flexibility index (Phi) is 4.01. The number of hydrogen-bond acceptors (Lipinski definition) is 5. The van der Waals surface area contributed by atoms with Gasteiger partial charge in [0.05, 0.1) is 4.90 Å². The van der Waals surface area contributed by atoms with Gasteiger partial charge in [-0.2, -0.15) is 0 Å². The molecule has 0 amide bonds. The van der Waals surface area contributed by atoms with E-state index in [2.05, 4.69) is 14.7 Å². The van der Waals surface area contributed by atoms with Gasteiger partial charge in [0, 0.05) is 11.8 Å². The van der Waals surface area contributed by atoms with Crippen molar-refractivity contribution in [1.82, 2.24) is 9.97 Å². The summed E-state index contributed by atoms with van der Waals surface area (Å²) in [5.74, 6) is -0.355. The Hall–Kier alpha value is -1.99. The van der Waals surface area contributed by atoms with E-state index in [-0.39, 0.29) is 21.8 Å². The third-order valence-corrected chi connectivity index (χ3v) is 3.93. The van der Waals surface area contributed by atoms with Crippen LogP contribution in [0.1, 0.15) is 17.3 Å². The monoisotopic (exact) mass is 311 g/mol. The van der Waals surface area contributed by atoms with Gasteiger partial charge in [0.2, 0.25) is 5.95 Å². The summed E-state index contributed by atoms with van der Waals surface area (Å²) in [6.45, 7) is 1.36. The fourth-order valence-electron chi connectivity index (χ4n) is 1.45. The van der Waals surface area contributed by atoms with Crippen molar-refractivity contribution in [2.75, 3.05) is 4.72 Å². The molecule has 6 nitrogen and oxygen atoms in total. The van der Waals surface area contributed by atoms with Gasteiger partial charge in [0.25, 0.3) is 10.0 Å². The number of Topliss-reactive ketones (excluding diaryl/α,β-unsaturated/α-hetero) is 1. The molecule has 1 heterocycles. The second kappa shape index (κ2) is 5.56. The van der Waals surface area contributed by atoms with Gasteiger partial charge < -0.3 is 0 Å². The van der Waals surface area contributed by atoms with E-state index < -0.39 is 10.0 Å². The Morgan fingerprint density at radius 2 is 2.05 bits per heavy atom. The number of sulfonamides is 1. The van der Waals surface area contributed by atoms with E-state index in [1.165, 1.54) is 43.5 Å². The Balaban J connectivity index is 2.35. The molecule has 0 bridgehead atoms. The first-order chi connectivity index (χ1) is 9.38. The molecule has 0 aliphatic carbocycles. The summed E-state index contributed by atoms with van der Waals surface area (Å²) in [6.07, 6.45) is 1.33. The number of carbonyl (C=O) groups is 1. The van der Waals surface area contributed by atoms with Crippen LogP contribution in [0.2, 0.25) is 5.15 Å². The number of anilines is 1. The molecule has 2 aromatic rings. The van der Waals surface area contributed by atoms with Crippen LogP contribution in [0.15, 0.2) is 41.4 Å². The van der Waals surface area contributed by atoms with Gasteiger partial charge in [-0.25, -0.2) is 23.1 Å². The lowest BCUT2D eigenvalue weighted by Crippen LogP contribution is -2.15. The summed E-state index contributed by atoms with van der Waals surface area (Å²) >= 11 is 5.66. The van der Waals surface area contributed by atoms with Gasteiger partial charge in [-0.15, -0.1) is 0 Å². The number of benzene rings is 1. The summed E-state index contributed by atoms with van der Waals surface area (Å²) in [4.78, 5) is 18.7. The average Bonchev–Trinajstić information content (AvgIpc) is 2.38. The lowest BCUT2D eigenvalue weighted by molar-refractivity contribution is 0.101. The van der Waals surface area contributed by atoms with E-state index in [9.17, 15) is 13.2 Å². The van der Waals surface area contributed by atoms with Crippen LogP contribution < -0.4 is 4.72 Å². The van der Waals surface area contributed by atoms with Crippen LogP contribution in [-0.4, -0.2) is 24.2 Å². The van der Waals surface area contributed by atoms with Gasteiger partial charge in [0.1, 0.15) is 5.15 Å². The minimum absolute atomic E-state index is 0.0474. The molecule has 1 aromatic heterocycles. The van der Waals surface area contributed by atoms with Crippen LogP contribution in [0.3, 0.4) is 0 Å². The van der Waals surface area contributed by atoms with Gasteiger partial charge in [-0.05, 0) is 25.1 Å². The molecular formula is C12H10ClN3O3S. The summed E-state index contributed by atoms with van der Waals surface area (Å²) in [5.41, 5.74) is 0.305. The lowest BCUT2D eigenvalue weighted by atomic mass is 10.2. The number of nitrogens with one attached hydrogen (secondary N) is 1. The first-order valence-electron chi connectivity index (χ1n) is 5.51. The van der Waals surface area contributed by atoms with Gasteiger partial charge in [-0.3, -0.25) is 4.79 Å². The normalized spacial score (nSPS) is 11.1. The highest BCUT2D eigenvalue weighted by molar-refractivity contribution is 7.92. The number of halogens is 1. The predicted molar refractivity (Wildman–Crippen MR) is 74.3 cm³/mol. The summed E-state index contributed by atoms with van der Waals surface area (Å²) in [6, 6.07) is 7.12. The maximum atomic E-state index is 12.1. The first-order valence-corrected chi connectivity index (χ1v) is 7.37. The van der Waals surface area contributed by atoms with Crippen LogP contribution in [0.4, 0.5) is 5.95 Å². The zero-order valence-electron chi connectivity index (χ0n) is 10.4. The SMILES string of the molecule is CC(=O)c1cccc(S(=O)(=O)Nc2nccc(Cl)n2)c1. The van der Waals surface area contributed by atoms with Gasteiger partial charge in [0.15, 0.2) is 5.78 Å². The summed E-state index contributed by atoms with van der Waals surface area (Å²) < 4.78 is 26.5. The number of aromatic nitrogens is 2. The number of nitrogens with zero attached hydrogens (tertiary/aromatic N) is 2. The molecule has 8 heteroatoms. The number of rotatable bonds is 4. The third-order valence-electron chi connectivity index (χ3n) is 2.40. The zero-order valence-corrected chi connectivity index (χ0v) is 11.9. The van der Waals surface area contributed by atoms with Crippen LogP contribution in [0, 0.1) is 0 Å². The van der Waals surface area contributed by atoms with Gasteiger partial charge >= 0.3 is 0 Å². The second-order valence-electron chi connectivity index (χ2n) is 3.89. The molecule has 0 unspecified atom stereocenters. The van der Waals surface area contributed by atoms with E-state index >= 15 is 0 Å². The minimum Gasteiger partial charge on any atom is -0.295 e. The van der Waals surface area contributed by atoms with Crippen molar-refractivity contribution in [3.8, 4) is 0 Å². The van der Waals surface area contributed by atoms with Crippen molar-refractivity contribution in [2.24, 2.45) is 0 Å². The molecule has 0 radical (unpaired) electrons. The molecule has 0 saturated carbocycles. The quantitative estimate of drug-likeness (QED) is 0.690. The molecule has 0 fully saturated rings. The van der Waals surface area contributed by atoms with Crippen molar-refractivity contribution < 1.29 is 13.2 Å². The standard InChI is InChI=1S/C12H10ClN3O3S/c1-8(17)9-3-2-4-10(7-9)20(18,19)16-12-14-6-5-11(13)15-12/h2-7H,1H3,(H,14,15,16). The molecular weight excluding hydrogens is 302 g/mol. The number of carbonyl (C=O) groups excluding carboxylic acids is 1. The molecule has 0 aliphatic rings. The average molecular weight is 312 g/mol. The number of ketones is 1. The van der Waals surface area contributed by atoms with Crippen molar-refractivity contribution in [1.29, 1.82) is 0 Å². The highest BCUT2D eigenvalue weighted by Crippen LogP contribution is 2.16. The highest BCUT2D eigenvalue weighted by atomic mass is 35.5. The molecule has 2 rings (SSSR count). The van der Waals surface area contributed by atoms with E-state index in [1.807, 2.05) is 0 Å². The van der Waals surface area contributed by atoms with Crippen LogP contribution in [0.25, 0.3) is 0 Å². The Morgan fingerprint density at radius 3 is 2.70 bits per heavy atom. The third kappa shape index (κ3) is 3.31. The van der Waals surface area contributed by atoms with Crippen molar-refractivity contribution >= 4 is 33.4 Å². The molecule has 0 saturated heterocycles. The lowest BCUT2D eigenvalue weighted by Gasteiger charge is -2.07. The highest BCUT2D eigenvalue weighted by Gasteiger charge is 2.16. The van der Waals surface area contributed by atoms with Gasteiger partial charge in [-0.1, -0.05) is 23.7 Å². The predicted octanol–water partition coefficient (Wildman–Crippen LogP) is 2.13. The minimum atomic E-state index is -3.87. The molecule has 0 spiro atoms. The molecule has 0 atom stereocenters.